The van der Waals surface area contributed by atoms with Crippen molar-refractivity contribution < 1.29 is 24.2 Å². The van der Waals surface area contributed by atoms with E-state index in [2.05, 4.69) is 5.32 Å². The average molecular weight is 346 g/mol. The molecule has 0 saturated carbocycles. The van der Waals surface area contributed by atoms with Crippen LogP contribution >= 0.6 is 0 Å². The van der Waals surface area contributed by atoms with Crippen LogP contribution in [0.2, 0.25) is 0 Å². The fraction of sp³-hybridized carbons (Fsp3) is 0.500. The van der Waals surface area contributed by atoms with Crippen molar-refractivity contribution in [2.45, 2.75) is 43.7 Å². The van der Waals surface area contributed by atoms with Crippen molar-refractivity contribution in [1.82, 2.24) is 10.2 Å². The summed E-state index contributed by atoms with van der Waals surface area (Å²) in [4.78, 5) is 37.1. The molecule has 1 aromatic rings. The maximum absolute atomic E-state index is 12.4. The van der Waals surface area contributed by atoms with E-state index in [1.54, 1.807) is 29.2 Å². The van der Waals surface area contributed by atoms with Gasteiger partial charge in [-0.1, -0.05) is 18.2 Å². The molecule has 2 heterocycles. The van der Waals surface area contributed by atoms with Gasteiger partial charge >= 0.3 is 5.97 Å². The van der Waals surface area contributed by atoms with Gasteiger partial charge in [0.25, 0.3) is 0 Å². The highest BCUT2D eigenvalue weighted by Crippen LogP contribution is 2.29. The molecule has 1 unspecified atom stereocenters. The van der Waals surface area contributed by atoms with Gasteiger partial charge in [-0.3, -0.25) is 9.59 Å². The molecule has 25 heavy (non-hydrogen) atoms. The molecule has 0 aliphatic carbocycles. The minimum absolute atomic E-state index is 0.0161. The van der Waals surface area contributed by atoms with Crippen LogP contribution in [-0.4, -0.2) is 52.5 Å². The Hall–Kier alpha value is -2.57. The van der Waals surface area contributed by atoms with E-state index in [1.807, 2.05) is 6.07 Å². The number of likely N-dealkylation sites (tertiary alicyclic amines) is 1. The number of nitrogens with one attached hydrogen (secondary N) is 1. The number of hydrogen-bond acceptors (Lipinski definition) is 4. The molecule has 2 N–H and O–H groups in total. The third-order valence-electron chi connectivity index (χ3n) is 4.88. The van der Waals surface area contributed by atoms with Crippen LogP contribution in [0.25, 0.3) is 0 Å². The third-order valence-corrected chi connectivity index (χ3v) is 4.88. The van der Waals surface area contributed by atoms with Crippen molar-refractivity contribution >= 4 is 17.8 Å². The van der Waals surface area contributed by atoms with Crippen molar-refractivity contribution in [2.75, 3.05) is 13.1 Å². The van der Waals surface area contributed by atoms with Gasteiger partial charge < -0.3 is 20.1 Å². The smallest absolute Gasteiger partial charge is 0.348 e. The minimum atomic E-state index is -1.31. The van der Waals surface area contributed by atoms with Gasteiger partial charge in [0.05, 0.1) is 0 Å². The lowest BCUT2D eigenvalue weighted by atomic mass is 9.90. The lowest BCUT2D eigenvalue weighted by Gasteiger charge is -2.39. The summed E-state index contributed by atoms with van der Waals surface area (Å²) in [5.41, 5.74) is -1.31. The standard InChI is InChI=1S/C18H22N2O5/c21-15-7-6-13(19-15)12-16(22)20-10-8-18(9-11-20,17(23)24)25-14-4-2-1-3-5-14/h1-5,13H,6-12H2,(H,19,21)(H,23,24). The second-order valence-corrected chi connectivity index (χ2v) is 6.60. The number of ether oxygens (including phenoxy) is 1. The van der Waals surface area contributed by atoms with Gasteiger partial charge in [-0.2, -0.15) is 0 Å². The lowest BCUT2D eigenvalue weighted by Crippen LogP contribution is -2.54. The van der Waals surface area contributed by atoms with E-state index in [1.165, 1.54) is 0 Å². The number of carboxylic acids is 1. The monoisotopic (exact) mass is 346 g/mol. The van der Waals surface area contributed by atoms with Crippen molar-refractivity contribution in [3.63, 3.8) is 0 Å². The predicted octanol–water partition coefficient (Wildman–Crippen LogP) is 1.18. The summed E-state index contributed by atoms with van der Waals surface area (Å²) in [7, 11) is 0. The summed E-state index contributed by atoms with van der Waals surface area (Å²) in [6.45, 7) is 0.664. The SMILES string of the molecule is O=C1CCC(CC(=O)N2CCC(Oc3ccccc3)(C(=O)O)CC2)N1. The molecule has 2 fully saturated rings. The molecular formula is C18H22N2O5. The maximum Gasteiger partial charge on any atom is 0.348 e. The highest BCUT2D eigenvalue weighted by molar-refractivity contribution is 5.82. The van der Waals surface area contributed by atoms with E-state index >= 15 is 0 Å². The van der Waals surface area contributed by atoms with Gasteiger partial charge in [-0.05, 0) is 18.6 Å². The fourth-order valence-corrected chi connectivity index (χ4v) is 3.36. The summed E-state index contributed by atoms with van der Waals surface area (Å²) in [6.07, 6.45) is 1.88. The first-order valence-electron chi connectivity index (χ1n) is 8.53. The Kier molecular flexibility index (Phi) is 4.92. The normalized spacial score (nSPS) is 22.3. The number of carbonyl (C=O) groups is 3. The van der Waals surface area contributed by atoms with E-state index in [-0.39, 0.29) is 37.1 Å². The highest BCUT2D eigenvalue weighted by atomic mass is 16.5. The maximum atomic E-state index is 12.4. The van der Waals surface area contributed by atoms with Crippen LogP contribution in [0.15, 0.2) is 30.3 Å². The fourth-order valence-electron chi connectivity index (χ4n) is 3.36. The zero-order valence-electron chi connectivity index (χ0n) is 13.9. The molecule has 0 bridgehead atoms. The molecule has 7 heteroatoms. The van der Waals surface area contributed by atoms with Crippen LogP contribution in [0.3, 0.4) is 0 Å². The van der Waals surface area contributed by atoms with E-state index in [4.69, 9.17) is 4.74 Å². The molecule has 0 radical (unpaired) electrons. The number of amides is 2. The van der Waals surface area contributed by atoms with Crippen molar-refractivity contribution in [1.29, 1.82) is 0 Å². The van der Waals surface area contributed by atoms with Gasteiger partial charge in [-0.25, -0.2) is 4.79 Å². The van der Waals surface area contributed by atoms with Crippen LogP contribution < -0.4 is 10.1 Å². The Morgan fingerprint density at radius 3 is 2.48 bits per heavy atom. The van der Waals surface area contributed by atoms with E-state index in [0.29, 0.717) is 31.7 Å². The number of carboxylic acid groups (broad SMARTS) is 1. The molecule has 2 aliphatic rings. The van der Waals surface area contributed by atoms with Gasteiger partial charge in [0.1, 0.15) is 5.75 Å². The highest BCUT2D eigenvalue weighted by Gasteiger charge is 2.45. The molecule has 3 rings (SSSR count). The zero-order chi connectivity index (χ0) is 17.9. The minimum Gasteiger partial charge on any atom is -0.478 e. The van der Waals surface area contributed by atoms with Crippen LogP contribution in [0.5, 0.6) is 5.75 Å². The Morgan fingerprint density at radius 2 is 1.92 bits per heavy atom. The lowest BCUT2D eigenvalue weighted by molar-refractivity contribution is -0.162. The number of carbonyl (C=O) groups excluding carboxylic acids is 2. The van der Waals surface area contributed by atoms with Crippen LogP contribution in [-0.2, 0) is 14.4 Å². The largest absolute Gasteiger partial charge is 0.478 e. The number of rotatable bonds is 5. The van der Waals surface area contributed by atoms with Crippen LogP contribution in [0.1, 0.15) is 32.1 Å². The van der Waals surface area contributed by atoms with Crippen LogP contribution in [0.4, 0.5) is 0 Å². The molecular weight excluding hydrogens is 324 g/mol. The molecule has 0 spiro atoms. The first-order chi connectivity index (χ1) is 12.0. The van der Waals surface area contributed by atoms with Crippen molar-refractivity contribution in [3.05, 3.63) is 30.3 Å². The first-order valence-corrected chi connectivity index (χ1v) is 8.53. The second-order valence-electron chi connectivity index (χ2n) is 6.60. The summed E-state index contributed by atoms with van der Waals surface area (Å²) in [5.74, 6) is -0.562. The van der Waals surface area contributed by atoms with Crippen LogP contribution in [0, 0.1) is 0 Å². The predicted molar refractivity (Wildman–Crippen MR) is 89.0 cm³/mol. The summed E-state index contributed by atoms with van der Waals surface area (Å²) >= 11 is 0. The van der Waals surface area contributed by atoms with E-state index < -0.39 is 11.6 Å². The zero-order valence-corrected chi connectivity index (χ0v) is 13.9. The molecule has 7 nitrogen and oxygen atoms in total. The molecule has 1 atom stereocenters. The summed E-state index contributed by atoms with van der Waals surface area (Å²) < 4.78 is 5.79. The first kappa shape index (κ1) is 17.3. The molecule has 2 aliphatic heterocycles. The Morgan fingerprint density at radius 1 is 1.24 bits per heavy atom. The second kappa shape index (κ2) is 7.13. The van der Waals surface area contributed by atoms with Gasteiger partial charge in [0.2, 0.25) is 17.4 Å². The molecule has 2 amide bonds. The van der Waals surface area contributed by atoms with Gasteiger partial charge in [0.15, 0.2) is 0 Å². The molecule has 0 aromatic heterocycles. The summed E-state index contributed by atoms with van der Waals surface area (Å²) in [5, 5.41) is 12.4. The Bertz CT molecular complexity index is 653. The number of nitrogens with zero attached hydrogens (tertiary/aromatic N) is 1. The molecule has 2 saturated heterocycles. The number of hydrogen-bond donors (Lipinski definition) is 2. The van der Waals surface area contributed by atoms with Gasteiger partial charge in [0, 0.05) is 44.8 Å². The number of para-hydroxylation sites is 1. The topological polar surface area (TPSA) is 95.9 Å². The van der Waals surface area contributed by atoms with Gasteiger partial charge in [-0.15, -0.1) is 0 Å². The van der Waals surface area contributed by atoms with Crippen molar-refractivity contribution in [2.24, 2.45) is 0 Å². The number of piperidine rings is 1. The number of benzene rings is 1. The quantitative estimate of drug-likeness (QED) is 0.835. The Balaban J connectivity index is 1.59. The molecule has 1 aromatic carbocycles. The van der Waals surface area contributed by atoms with E-state index in [9.17, 15) is 19.5 Å². The average Bonchev–Trinajstić information content (AvgIpc) is 3.01. The third kappa shape index (κ3) is 3.92. The number of aliphatic carboxylic acids is 1. The van der Waals surface area contributed by atoms with Crippen molar-refractivity contribution in [3.8, 4) is 5.75 Å². The summed E-state index contributed by atoms with van der Waals surface area (Å²) in [6, 6.07) is 8.77. The van der Waals surface area contributed by atoms with E-state index in [0.717, 1.165) is 0 Å². The molecule has 134 valence electrons. The Labute approximate surface area is 146 Å².